The maximum Gasteiger partial charge on any atom is 0.135 e. The molecular weight excluding hydrogens is 456 g/mol. The lowest BCUT2D eigenvalue weighted by Gasteiger charge is -1.98. The summed E-state index contributed by atoms with van der Waals surface area (Å²) >= 11 is 3.73. The molecule has 4 aromatic carbocycles. The van der Waals surface area contributed by atoms with E-state index in [-0.39, 0.29) is 0 Å². The van der Waals surface area contributed by atoms with Crippen LogP contribution in [0.3, 0.4) is 0 Å². The minimum Gasteiger partial charge on any atom is -0.456 e. The molecule has 0 N–H and O–H groups in total. The molecule has 0 atom stereocenters. The quantitative estimate of drug-likeness (QED) is 0.250. The van der Waals surface area contributed by atoms with Gasteiger partial charge in [-0.1, -0.05) is 60.7 Å². The van der Waals surface area contributed by atoms with Crippen LogP contribution in [0.1, 0.15) is 0 Å². The summed E-state index contributed by atoms with van der Waals surface area (Å²) in [7, 11) is 0. The molecule has 8 aromatic rings. The molecule has 8 rings (SSSR count). The molecule has 160 valence electrons. The molecule has 0 aliphatic heterocycles. The first kappa shape index (κ1) is 18.6. The fourth-order valence-corrected chi connectivity index (χ4v) is 7.54. The fourth-order valence-electron chi connectivity index (χ4n) is 4.81. The lowest BCUT2D eigenvalue weighted by Crippen LogP contribution is -1.72. The Morgan fingerprint density at radius 2 is 0.941 bits per heavy atom. The Labute approximate surface area is 202 Å². The van der Waals surface area contributed by atoms with E-state index in [1.54, 1.807) is 0 Å². The van der Waals surface area contributed by atoms with Gasteiger partial charge < -0.3 is 8.83 Å². The average molecular weight is 473 g/mol. The standard InChI is InChI=1S/C30H16O2S2/c1-3-7-23-17(5-1)13-25(31-23)19-9-11-21-27(15-19)33-30-22-12-10-20(16-28(22)34-29(21)30)26-14-18-6-2-4-8-24(18)32-26/h1-16H. The molecular formula is C30H16O2S2. The van der Waals surface area contributed by atoms with Crippen LogP contribution in [0.2, 0.25) is 0 Å². The Hall–Kier alpha value is -3.86. The number of fused-ring (bicyclic) bond motifs is 7. The minimum atomic E-state index is 0.917. The van der Waals surface area contributed by atoms with Gasteiger partial charge in [0.1, 0.15) is 22.7 Å². The summed E-state index contributed by atoms with van der Waals surface area (Å²) in [6.45, 7) is 0. The predicted molar refractivity (Wildman–Crippen MR) is 145 cm³/mol. The zero-order valence-corrected chi connectivity index (χ0v) is 19.5. The molecule has 4 heteroatoms. The molecule has 0 radical (unpaired) electrons. The van der Waals surface area contributed by atoms with Crippen LogP contribution in [-0.2, 0) is 0 Å². The van der Waals surface area contributed by atoms with Gasteiger partial charge in [0.15, 0.2) is 0 Å². The molecule has 34 heavy (non-hydrogen) atoms. The number of hydrogen-bond donors (Lipinski definition) is 0. The van der Waals surface area contributed by atoms with Crippen molar-refractivity contribution < 1.29 is 8.83 Å². The predicted octanol–water partition coefficient (Wildman–Crippen LogP) is 10.1. The van der Waals surface area contributed by atoms with Gasteiger partial charge in [-0.25, -0.2) is 0 Å². The molecule has 0 amide bonds. The second-order valence-corrected chi connectivity index (χ2v) is 10.7. The van der Waals surface area contributed by atoms with Gasteiger partial charge in [-0.3, -0.25) is 0 Å². The molecule has 4 heterocycles. The van der Waals surface area contributed by atoms with E-state index < -0.39 is 0 Å². The first-order valence-corrected chi connectivity index (χ1v) is 12.8. The fraction of sp³-hybridized carbons (Fsp3) is 0. The van der Waals surface area contributed by atoms with Crippen LogP contribution in [-0.4, -0.2) is 0 Å². The number of benzene rings is 4. The highest BCUT2D eigenvalue weighted by atomic mass is 32.1. The van der Waals surface area contributed by atoms with Gasteiger partial charge >= 0.3 is 0 Å². The van der Waals surface area contributed by atoms with E-state index in [2.05, 4.69) is 60.7 Å². The van der Waals surface area contributed by atoms with Gasteiger partial charge in [-0.15, -0.1) is 22.7 Å². The third kappa shape index (κ3) is 2.67. The normalized spacial score (nSPS) is 12.1. The van der Waals surface area contributed by atoms with E-state index in [9.17, 15) is 0 Å². The third-order valence-electron chi connectivity index (χ3n) is 6.50. The zero-order valence-electron chi connectivity index (χ0n) is 17.9. The molecule has 0 aliphatic carbocycles. The summed E-state index contributed by atoms with van der Waals surface area (Å²) in [5.74, 6) is 1.83. The minimum absolute atomic E-state index is 0.917. The van der Waals surface area contributed by atoms with Gasteiger partial charge in [0.05, 0.1) is 9.40 Å². The zero-order chi connectivity index (χ0) is 22.2. The Bertz CT molecular complexity index is 1820. The highest BCUT2D eigenvalue weighted by molar-refractivity contribution is 7.36. The molecule has 0 unspecified atom stereocenters. The number of para-hydroxylation sites is 2. The van der Waals surface area contributed by atoms with Gasteiger partial charge in [0.25, 0.3) is 0 Å². The summed E-state index contributed by atoms with van der Waals surface area (Å²) in [6, 6.07) is 33.9. The number of furan rings is 2. The van der Waals surface area contributed by atoms with Crippen molar-refractivity contribution in [3.8, 4) is 22.6 Å². The second kappa shape index (κ2) is 6.83. The van der Waals surface area contributed by atoms with E-state index in [0.29, 0.717) is 0 Å². The van der Waals surface area contributed by atoms with Crippen LogP contribution < -0.4 is 0 Å². The lowest BCUT2D eigenvalue weighted by atomic mass is 10.1. The van der Waals surface area contributed by atoms with E-state index in [4.69, 9.17) is 8.83 Å². The molecule has 0 saturated carbocycles. The van der Waals surface area contributed by atoms with Crippen LogP contribution in [0.5, 0.6) is 0 Å². The first-order valence-electron chi connectivity index (χ1n) is 11.2. The highest BCUT2D eigenvalue weighted by Crippen LogP contribution is 2.46. The van der Waals surface area contributed by atoms with Crippen molar-refractivity contribution >= 4 is 74.2 Å². The smallest absolute Gasteiger partial charge is 0.135 e. The van der Waals surface area contributed by atoms with E-state index in [0.717, 1.165) is 44.6 Å². The van der Waals surface area contributed by atoms with Crippen molar-refractivity contribution in [2.75, 3.05) is 0 Å². The monoisotopic (exact) mass is 472 g/mol. The molecule has 0 saturated heterocycles. The van der Waals surface area contributed by atoms with Crippen LogP contribution >= 0.6 is 22.7 Å². The Kier molecular flexibility index (Phi) is 3.73. The molecule has 4 aromatic heterocycles. The molecule has 0 aliphatic rings. The topological polar surface area (TPSA) is 26.3 Å². The van der Waals surface area contributed by atoms with E-state index in [1.807, 2.05) is 59.1 Å². The maximum atomic E-state index is 6.10. The third-order valence-corrected chi connectivity index (χ3v) is 9.00. The SMILES string of the molecule is c1ccc2oc(-c3ccc4c(c3)sc3c5ccc(-c6cc7ccccc7o6)cc5sc43)cc2c1. The van der Waals surface area contributed by atoms with E-state index in [1.165, 1.54) is 29.6 Å². The van der Waals surface area contributed by atoms with Crippen LogP contribution in [0.25, 0.3) is 74.2 Å². The Morgan fingerprint density at radius 1 is 0.471 bits per heavy atom. The first-order chi connectivity index (χ1) is 16.8. The molecule has 0 bridgehead atoms. The summed E-state index contributed by atoms with van der Waals surface area (Å²) in [5.41, 5.74) is 4.09. The molecule has 2 nitrogen and oxygen atoms in total. The van der Waals surface area contributed by atoms with Crippen molar-refractivity contribution in [1.82, 2.24) is 0 Å². The average Bonchev–Trinajstić information content (AvgIpc) is 3.63. The van der Waals surface area contributed by atoms with Crippen molar-refractivity contribution in [2.24, 2.45) is 0 Å². The largest absolute Gasteiger partial charge is 0.456 e. The summed E-state index contributed by atoms with van der Waals surface area (Å²) in [6.07, 6.45) is 0. The van der Waals surface area contributed by atoms with Gasteiger partial charge in [-0.05, 0) is 36.4 Å². The van der Waals surface area contributed by atoms with Crippen molar-refractivity contribution in [3.05, 3.63) is 97.1 Å². The molecule has 0 fully saturated rings. The van der Waals surface area contributed by atoms with Crippen molar-refractivity contribution in [3.63, 3.8) is 0 Å². The Morgan fingerprint density at radius 3 is 1.41 bits per heavy atom. The number of hydrogen-bond acceptors (Lipinski definition) is 4. The van der Waals surface area contributed by atoms with Crippen molar-refractivity contribution in [2.45, 2.75) is 0 Å². The van der Waals surface area contributed by atoms with Crippen LogP contribution in [0.4, 0.5) is 0 Å². The van der Waals surface area contributed by atoms with Gasteiger partial charge in [0, 0.05) is 42.1 Å². The van der Waals surface area contributed by atoms with Gasteiger partial charge in [-0.2, -0.15) is 0 Å². The lowest BCUT2D eigenvalue weighted by molar-refractivity contribution is 0.631. The van der Waals surface area contributed by atoms with Crippen molar-refractivity contribution in [1.29, 1.82) is 0 Å². The van der Waals surface area contributed by atoms with Gasteiger partial charge in [0.2, 0.25) is 0 Å². The van der Waals surface area contributed by atoms with Crippen LogP contribution in [0, 0.1) is 0 Å². The number of rotatable bonds is 2. The van der Waals surface area contributed by atoms with Crippen LogP contribution in [0.15, 0.2) is 106 Å². The summed E-state index contributed by atoms with van der Waals surface area (Å²) in [5, 5.41) is 4.89. The summed E-state index contributed by atoms with van der Waals surface area (Å²) < 4.78 is 17.5. The number of thiophene rings is 2. The second-order valence-electron chi connectivity index (χ2n) is 8.58. The molecule has 0 spiro atoms. The highest BCUT2D eigenvalue weighted by Gasteiger charge is 2.15. The summed E-state index contributed by atoms with van der Waals surface area (Å²) in [4.78, 5) is 0. The Balaban J connectivity index is 1.26. The maximum absolute atomic E-state index is 6.10. The van der Waals surface area contributed by atoms with E-state index >= 15 is 0 Å².